The molecular formula is C7H14O5P+. The number of hydrogen-bond donors (Lipinski definition) is 1. The summed E-state index contributed by atoms with van der Waals surface area (Å²) < 4.78 is 20.0. The van der Waals surface area contributed by atoms with Gasteiger partial charge in [0.15, 0.2) is 0 Å². The molecule has 0 aliphatic carbocycles. The van der Waals surface area contributed by atoms with E-state index in [1.54, 1.807) is 0 Å². The lowest BCUT2D eigenvalue weighted by molar-refractivity contribution is -0.160. The lowest BCUT2D eigenvalue weighted by atomic mass is 10.0. The molecule has 0 fully saturated rings. The van der Waals surface area contributed by atoms with Crippen LogP contribution in [0.3, 0.4) is 0 Å². The van der Waals surface area contributed by atoms with Gasteiger partial charge in [0, 0.05) is 0 Å². The van der Waals surface area contributed by atoms with E-state index >= 15 is 0 Å². The monoisotopic (exact) mass is 209 g/mol. The molecule has 0 spiro atoms. The molecule has 0 aromatic carbocycles. The van der Waals surface area contributed by atoms with E-state index in [9.17, 15) is 14.5 Å². The van der Waals surface area contributed by atoms with Crippen LogP contribution in [0.2, 0.25) is 0 Å². The van der Waals surface area contributed by atoms with Gasteiger partial charge in [-0.1, -0.05) is 0 Å². The summed E-state index contributed by atoms with van der Waals surface area (Å²) in [7, 11) is 0.342. The zero-order chi connectivity index (χ0) is 10.6. The van der Waals surface area contributed by atoms with Gasteiger partial charge in [0.25, 0.3) is 0 Å². The Balaban J connectivity index is 4.62. The highest BCUT2D eigenvalue weighted by Crippen LogP contribution is 2.35. The van der Waals surface area contributed by atoms with E-state index in [1.807, 2.05) is 0 Å². The Morgan fingerprint density at radius 1 is 1.54 bits per heavy atom. The van der Waals surface area contributed by atoms with Gasteiger partial charge in [-0.15, -0.1) is 4.52 Å². The second-order valence-corrected chi connectivity index (χ2v) is 4.49. The van der Waals surface area contributed by atoms with E-state index in [0.29, 0.717) is 0 Å². The molecule has 0 saturated heterocycles. The van der Waals surface area contributed by atoms with Crippen molar-refractivity contribution in [2.45, 2.75) is 25.1 Å². The Morgan fingerprint density at radius 3 is 2.31 bits per heavy atom. The van der Waals surface area contributed by atoms with Crippen molar-refractivity contribution in [2.24, 2.45) is 0 Å². The molecule has 0 rings (SSSR count). The molecule has 76 valence electrons. The van der Waals surface area contributed by atoms with E-state index < -0.39 is 25.3 Å². The molecule has 6 heteroatoms. The maximum absolute atomic E-state index is 11.1. The van der Waals surface area contributed by atoms with Crippen LogP contribution in [0.5, 0.6) is 0 Å². The molecule has 0 aliphatic heterocycles. The van der Waals surface area contributed by atoms with Crippen molar-refractivity contribution >= 4 is 14.0 Å². The minimum absolute atomic E-state index is 0.806. The van der Waals surface area contributed by atoms with Gasteiger partial charge in [-0.05, 0) is 18.4 Å². The number of methoxy groups -OCH3 is 1. The van der Waals surface area contributed by atoms with Crippen LogP contribution >= 0.6 is 8.03 Å². The van der Waals surface area contributed by atoms with Crippen molar-refractivity contribution in [3.8, 4) is 0 Å². The van der Waals surface area contributed by atoms with Gasteiger partial charge in [-0.3, -0.25) is 0 Å². The van der Waals surface area contributed by atoms with Gasteiger partial charge in [-0.2, -0.15) is 0 Å². The predicted octanol–water partition coefficient (Wildman–Crippen LogP) is 0.688. The Hall–Kier alpha value is -0.510. The molecule has 13 heavy (non-hydrogen) atoms. The van der Waals surface area contributed by atoms with Crippen LogP contribution < -0.4 is 0 Å². The van der Waals surface area contributed by atoms with Crippen molar-refractivity contribution in [1.82, 2.24) is 0 Å². The molecule has 0 radical (unpaired) electrons. The summed E-state index contributed by atoms with van der Waals surface area (Å²) in [5.74, 6) is -0.819. The van der Waals surface area contributed by atoms with Crippen molar-refractivity contribution in [3.05, 3.63) is 0 Å². The Bertz CT molecular complexity index is 213. The highest BCUT2D eigenvalue weighted by Gasteiger charge is 2.50. The molecule has 3 unspecified atom stereocenters. The number of carbonyl (C=O) groups excluding carboxylic acids is 1. The highest BCUT2D eigenvalue weighted by atomic mass is 31.1. The molecule has 0 aromatic rings. The summed E-state index contributed by atoms with van der Waals surface area (Å²) >= 11 is 0. The molecule has 0 aliphatic rings. The third-order valence-electron chi connectivity index (χ3n) is 1.91. The smallest absolute Gasteiger partial charge is 0.467 e. The fourth-order valence-corrected chi connectivity index (χ4v) is 1.57. The summed E-state index contributed by atoms with van der Waals surface area (Å²) in [5.41, 5.74) is -2.59. The van der Waals surface area contributed by atoms with Crippen LogP contribution in [0.15, 0.2) is 0 Å². The third kappa shape index (κ3) is 2.72. The van der Waals surface area contributed by atoms with Crippen molar-refractivity contribution < 1.29 is 23.7 Å². The maximum Gasteiger partial charge on any atom is 0.514 e. The first kappa shape index (κ1) is 12.5. The summed E-state index contributed by atoms with van der Waals surface area (Å²) in [6.07, 6.45) is 0. The second kappa shape index (κ2) is 4.65. The van der Waals surface area contributed by atoms with E-state index in [2.05, 4.69) is 9.26 Å². The van der Waals surface area contributed by atoms with E-state index in [0.717, 1.165) is 7.11 Å². The van der Waals surface area contributed by atoms with E-state index in [1.165, 1.54) is 21.0 Å². The lowest BCUT2D eigenvalue weighted by Crippen LogP contribution is -2.44. The van der Waals surface area contributed by atoms with Gasteiger partial charge in [-0.25, -0.2) is 4.79 Å². The summed E-state index contributed by atoms with van der Waals surface area (Å²) in [6, 6.07) is 0. The van der Waals surface area contributed by atoms with Crippen molar-refractivity contribution in [3.63, 3.8) is 0 Å². The standard InChI is InChI=1S/C7H14O5P/c1-5(13(10)12-4)7(2,9)6(8)11-3/h5,9H,1-4H3/q+1. The molecule has 3 atom stereocenters. The molecule has 1 N–H and O–H groups in total. The summed E-state index contributed by atoms with van der Waals surface area (Å²) in [6.45, 7) is 2.70. The summed E-state index contributed by atoms with van der Waals surface area (Å²) in [5, 5.41) is 9.61. The molecule has 0 amide bonds. The average molecular weight is 209 g/mol. The quantitative estimate of drug-likeness (QED) is 0.544. The van der Waals surface area contributed by atoms with Crippen LogP contribution in [-0.4, -0.2) is 36.6 Å². The minimum Gasteiger partial charge on any atom is -0.467 e. The van der Waals surface area contributed by atoms with Crippen LogP contribution in [-0.2, 0) is 18.6 Å². The Kier molecular flexibility index (Phi) is 4.47. The molecule has 5 nitrogen and oxygen atoms in total. The van der Waals surface area contributed by atoms with Gasteiger partial charge in [0.05, 0.1) is 14.2 Å². The van der Waals surface area contributed by atoms with Gasteiger partial charge >= 0.3 is 14.0 Å². The first-order valence-electron chi connectivity index (χ1n) is 3.69. The van der Waals surface area contributed by atoms with Crippen LogP contribution in [0.25, 0.3) is 0 Å². The molecule has 0 aromatic heterocycles. The largest absolute Gasteiger partial charge is 0.514 e. The number of hydrogen-bond acceptors (Lipinski definition) is 5. The second-order valence-electron chi connectivity index (χ2n) is 2.78. The Morgan fingerprint density at radius 2 is 2.00 bits per heavy atom. The zero-order valence-electron chi connectivity index (χ0n) is 8.10. The zero-order valence-corrected chi connectivity index (χ0v) is 9.00. The molecule has 0 saturated carbocycles. The first-order valence-corrected chi connectivity index (χ1v) is 4.93. The number of rotatable bonds is 4. The molecule has 0 bridgehead atoms. The topological polar surface area (TPSA) is 72.8 Å². The highest BCUT2D eigenvalue weighted by molar-refractivity contribution is 7.40. The van der Waals surface area contributed by atoms with E-state index in [-0.39, 0.29) is 0 Å². The fraction of sp³-hybridized carbons (Fsp3) is 0.857. The number of carbonyl (C=O) groups is 1. The molecule has 0 heterocycles. The van der Waals surface area contributed by atoms with Gasteiger partial charge in [0.1, 0.15) is 0 Å². The predicted molar refractivity (Wildman–Crippen MR) is 46.7 cm³/mol. The number of ether oxygens (including phenoxy) is 1. The van der Waals surface area contributed by atoms with Crippen LogP contribution in [0.4, 0.5) is 0 Å². The maximum atomic E-state index is 11.1. The minimum atomic E-state index is -2.07. The first-order chi connectivity index (χ1) is 5.87. The van der Waals surface area contributed by atoms with Gasteiger partial charge < -0.3 is 9.84 Å². The normalized spacial score (nSPS) is 18.7. The molecular weight excluding hydrogens is 195 g/mol. The van der Waals surface area contributed by atoms with Crippen LogP contribution in [0, 0.1) is 0 Å². The third-order valence-corrected chi connectivity index (χ3v) is 3.40. The number of esters is 1. The van der Waals surface area contributed by atoms with Crippen molar-refractivity contribution in [1.29, 1.82) is 0 Å². The fourth-order valence-electron chi connectivity index (χ4n) is 0.741. The SMILES string of the molecule is COC(=O)C(C)(O)C(C)[P+](=O)OC. The van der Waals surface area contributed by atoms with Crippen molar-refractivity contribution in [2.75, 3.05) is 14.2 Å². The lowest BCUT2D eigenvalue weighted by Gasteiger charge is -2.19. The average Bonchev–Trinajstić information content (AvgIpc) is 2.13. The van der Waals surface area contributed by atoms with E-state index in [4.69, 9.17) is 0 Å². The van der Waals surface area contributed by atoms with Gasteiger partial charge in [0.2, 0.25) is 11.3 Å². The van der Waals surface area contributed by atoms with Crippen LogP contribution in [0.1, 0.15) is 13.8 Å². The Labute approximate surface area is 77.9 Å². The number of aliphatic hydroxyl groups is 1. The summed E-state index contributed by atoms with van der Waals surface area (Å²) in [4.78, 5) is 11.0.